The number of ether oxygens (including phenoxy) is 2. The first-order chi connectivity index (χ1) is 10.6. The summed E-state index contributed by atoms with van der Waals surface area (Å²) in [5.41, 5.74) is 0.916. The highest BCUT2D eigenvalue weighted by Gasteiger charge is 2.21. The summed E-state index contributed by atoms with van der Waals surface area (Å²) < 4.78 is 10.6. The largest absolute Gasteiger partial charge is 0.497 e. The fraction of sp³-hybridized carbons (Fsp3) is 0.667. The maximum atomic E-state index is 10.5. The lowest BCUT2D eigenvalue weighted by atomic mass is 9.92. The van der Waals surface area contributed by atoms with Crippen LogP contribution in [0.25, 0.3) is 0 Å². The van der Waals surface area contributed by atoms with Crippen molar-refractivity contribution in [3.05, 3.63) is 29.8 Å². The summed E-state index contributed by atoms with van der Waals surface area (Å²) in [7, 11) is 1.65. The Kier molecular flexibility index (Phi) is 6.68. The van der Waals surface area contributed by atoms with Crippen LogP contribution in [0.5, 0.6) is 5.75 Å². The van der Waals surface area contributed by atoms with E-state index in [0.29, 0.717) is 6.04 Å². The molecule has 0 radical (unpaired) electrons. The van der Waals surface area contributed by atoms with Crippen LogP contribution in [0.2, 0.25) is 0 Å². The maximum absolute atomic E-state index is 10.5. The fourth-order valence-corrected chi connectivity index (χ4v) is 3.18. The second kappa shape index (κ2) is 8.51. The van der Waals surface area contributed by atoms with Gasteiger partial charge in [-0.3, -0.25) is 0 Å². The van der Waals surface area contributed by atoms with Crippen molar-refractivity contribution in [2.24, 2.45) is 5.92 Å². The third kappa shape index (κ3) is 4.97. The van der Waals surface area contributed by atoms with Crippen molar-refractivity contribution in [1.29, 1.82) is 0 Å². The Labute approximate surface area is 133 Å². The number of aliphatic hydroxyl groups is 1. The Morgan fingerprint density at radius 3 is 2.45 bits per heavy atom. The van der Waals surface area contributed by atoms with Crippen LogP contribution in [-0.2, 0) is 4.74 Å². The number of nitrogens with one attached hydrogen (secondary N) is 1. The molecule has 3 unspecified atom stereocenters. The molecule has 0 aliphatic carbocycles. The molecule has 22 heavy (non-hydrogen) atoms. The SMILES string of the molecule is COc1ccc(C(O)C(C)NC(C)CC2CCOCC2)cc1. The fourth-order valence-electron chi connectivity index (χ4n) is 3.18. The van der Waals surface area contributed by atoms with E-state index in [1.807, 2.05) is 31.2 Å². The first-order valence-electron chi connectivity index (χ1n) is 8.26. The topological polar surface area (TPSA) is 50.7 Å². The van der Waals surface area contributed by atoms with Crippen molar-refractivity contribution in [3.8, 4) is 5.75 Å². The van der Waals surface area contributed by atoms with Crippen molar-refractivity contribution in [3.63, 3.8) is 0 Å². The van der Waals surface area contributed by atoms with E-state index in [-0.39, 0.29) is 6.04 Å². The quantitative estimate of drug-likeness (QED) is 0.813. The Morgan fingerprint density at radius 1 is 1.23 bits per heavy atom. The predicted octanol–water partition coefficient (Wildman–Crippen LogP) is 2.91. The molecule has 0 bridgehead atoms. The first-order valence-corrected chi connectivity index (χ1v) is 8.26. The minimum Gasteiger partial charge on any atom is -0.497 e. The van der Waals surface area contributed by atoms with E-state index < -0.39 is 6.10 Å². The molecule has 2 N–H and O–H groups in total. The Hall–Kier alpha value is -1.10. The minimum absolute atomic E-state index is 0.0169. The summed E-state index contributed by atoms with van der Waals surface area (Å²) in [5.74, 6) is 1.55. The van der Waals surface area contributed by atoms with Gasteiger partial charge >= 0.3 is 0 Å². The average molecular weight is 307 g/mol. The van der Waals surface area contributed by atoms with Crippen molar-refractivity contribution in [2.75, 3.05) is 20.3 Å². The zero-order chi connectivity index (χ0) is 15.9. The number of hydrogen-bond acceptors (Lipinski definition) is 4. The van der Waals surface area contributed by atoms with Gasteiger partial charge in [0, 0.05) is 25.3 Å². The normalized spacial score (nSPS) is 20.4. The molecule has 3 atom stereocenters. The molecule has 4 nitrogen and oxygen atoms in total. The summed E-state index contributed by atoms with van der Waals surface area (Å²) in [4.78, 5) is 0. The average Bonchev–Trinajstić information content (AvgIpc) is 2.55. The predicted molar refractivity (Wildman–Crippen MR) is 88.2 cm³/mol. The summed E-state index contributed by atoms with van der Waals surface area (Å²) in [6.07, 6.45) is 2.94. The van der Waals surface area contributed by atoms with Crippen LogP contribution in [0, 0.1) is 5.92 Å². The van der Waals surface area contributed by atoms with Crippen molar-refractivity contribution < 1.29 is 14.6 Å². The third-order valence-electron chi connectivity index (χ3n) is 4.51. The van der Waals surface area contributed by atoms with Crippen LogP contribution in [0.1, 0.15) is 44.8 Å². The van der Waals surface area contributed by atoms with Gasteiger partial charge in [-0.2, -0.15) is 0 Å². The highest BCUT2D eigenvalue weighted by Crippen LogP contribution is 2.23. The van der Waals surface area contributed by atoms with E-state index >= 15 is 0 Å². The van der Waals surface area contributed by atoms with Gasteiger partial charge in [-0.25, -0.2) is 0 Å². The van der Waals surface area contributed by atoms with E-state index in [4.69, 9.17) is 9.47 Å². The van der Waals surface area contributed by atoms with E-state index in [2.05, 4.69) is 12.2 Å². The van der Waals surface area contributed by atoms with Gasteiger partial charge in [0.2, 0.25) is 0 Å². The zero-order valence-electron chi connectivity index (χ0n) is 13.9. The van der Waals surface area contributed by atoms with Gasteiger partial charge in [0.1, 0.15) is 5.75 Å². The first kappa shape index (κ1) is 17.3. The highest BCUT2D eigenvalue weighted by molar-refractivity contribution is 5.29. The minimum atomic E-state index is -0.511. The van der Waals surface area contributed by atoms with Gasteiger partial charge < -0.3 is 19.9 Å². The number of methoxy groups -OCH3 is 1. The Morgan fingerprint density at radius 2 is 1.86 bits per heavy atom. The molecular weight excluding hydrogens is 278 g/mol. The lowest BCUT2D eigenvalue weighted by Gasteiger charge is -2.29. The van der Waals surface area contributed by atoms with Crippen LogP contribution in [-0.4, -0.2) is 37.5 Å². The summed E-state index contributed by atoms with van der Waals surface area (Å²) >= 11 is 0. The molecule has 4 heteroatoms. The molecule has 1 fully saturated rings. The van der Waals surface area contributed by atoms with Gasteiger partial charge in [0.05, 0.1) is 13.2 Å². The molecule has 2 rings (SSSR count). The smallest absolute Gasteiger partial charge is 0.118 e. The van der Waals surface area contributed by atoms with E-state index in [9.17, 15) is 5.11 Å². The molecular formula is C18H29NO3. The summed E-state index contributed by atoms with van der Waals surface area (Å²) in [6.45, 7) is 6.02. The summed E-state index contributed by atoms with van der Waals surface area (Å²) in [6, 6.07) is 8.03. The van der Waals surface area contributed by atoms with Crippen LogP contribution in [0.4, 0.5) is 0 Å². The molecule has 1 aromatic carbocycles. The molecule has 0 aromatic heterocycles. The zero-order valence-corrected chi connectivity index (χ0v) is 13.9. The molecule has 0 amide bonds. The van der Waals surface area contributed by atoms with E-state index in [0.717, 1.165) is 49.7 Å². The van der Waals surface area contributed by atoms with Gasteiger partial charge in [-0.15, -0.1) is 0 Å². The molecule has 1 aliphatic heterocycles. The number of benzene rings is 1. The van der Waals surface area contributed by atoms with Crippen LogP contribution in [0.3, 0.4) is 0 Å². The number of rotatable bonds is 7. The summed E-state index contributed by atoms with van der Waals surface area (Å²) in [5, 5.41) is 14.0. The lowest BCUT2D eigenvalue weighted by Crippen LogP contribution is -2.40. The molecule has 1 saturated heterocycles. The molecule has 0 spiro atoms. The number of hydrogen-bond donors (Lipinski definition) is 2. The Balaban J connectivity index is 1.82. The van der Waals surface area contributed by atoms with E-state index in [1.54, 1.807) is 7.11 Å². The standard InChI is InChI=1S/C18H29NO3/c1-13(12-15-8-10-22-11-9-15)19-14(2)18(20)16-4-6-17(21-3)7-5-16/h4-7,13-15,18-20H,8-12H2,1-3H3. The highest BCUT2D eigenvalue weighted by atomic mass is 16.5. The lowest BCUT2D eigenvalue weighted by molar-refractivity contribution is 0.0589. The molecule has 124 valence electrons. The van der Waals surface area contributed by atoms with Gasteiger partial charge in [0.15, 0.2) is 0 Å². The van der Waals surface area contributed by atoms with Crippen LogP contribution < -0.4 is 10.1 Å². The maximum Gasteiger partial charge on any atom is 0.118 e. The molecule has 1 heterocycles. The van der Waals surface area contributed by atoms with Crippen molar-refractivity contribution in [2.45, 2.75) is 51.3 Å². The van der Waals surface area contributed by atoms with Gasteiger partial charge in [0.25, 0.3) is 0 Å². The van der Waals surface area contributed by atoms with Gasteiger partial charge in [-0.05, 0) is 56.7 Å². The number of aliphatic hydroxyl groups excluding tert-OH is 1. The van der Waals surface area contributed by atoms with Gasteiger partial charge in [-0.1, -0.05) is 12.1 Å². The molecule has 1 aromatic rings. The van der Waals surface area contributed by atoms with Crippen molar-refractivity contribution >= 4 is 0 Å². The molecule has 1 aliphatic rings. The van der Waals surface area contributed by atoms with Crippen LogP contribution >= 0.6 is 0 Å². The second-order valence-corrected chi connectivity index (χ2v) is 6.37. The molecule has 0 saturated carbocycles. The van der Waals surface area contributed by atoms with E-state index in [1.165, 1.54) is 0 Å². The van der Waals surface area contributed by atoms with Crippen molar-refractivity contribution in [1.82, 2.24) is 5.32 Å². The van der Waals surface area contributed by atoms with Crippen LogP contribution in [0.15, 0.2) is 24.3 Å². The third-order valence-corrected chi connectivity index (χ3v) is 4.51. The monoisotopic (exact) mass is 307 g/mol. The Bertz CT molecular complexity index is 428. The second-order valence-electron chi connectivity index (χ2n) is 6.37.